The molecule has 160 valence electrons. The zero-order chi connectivity index (χ0) is 21.7. The monoisotopic (exact) mass is 416 g/mol. The fraction of sp³-hybridized carbons (Fsp3) is 0.385. The van der Waals surface area contributed by atoms with Gasteiger partial charge in [0.05, 0.1) is 23.7 Å². The standard InChI is InChI=1S/C26H28N2O3/c1-2-30-25(29)26(12-6-3-7-13-26)18-28-17-19-10-11-23-21(14-19)15-24(31-23)22-9-5-4-8-20(22)16-27/h4-5,8-11,14-15,28H,2-3,6-7,12-13,17-18H2,1H3. The molecule has 5 nitrogen and oxygen atoms in total. The van der Waals surface area contributed by atoms with Crippen molar-refractivity contribution < 1.29 is 13.9 Å². The van der Waals surface area contributed by atoms with E-state index < -0.39 is 5.41 Å². The third-order valence-corrected chi connectivity index (χ3v) is 6.21. The Balaban J connectivity index is 1.48. The first-order valence-electron chi connectivity index (χ1n) is 11.0. The van der Waals surface area contributed by atoms with Crippen LogP contribution in [0.15, 0.2) is 52.9 Å². The lowest BCUT2D eigenvalue weighted by molar-refractivity contribution is -0.157. The summed E-state index contributed by atoms with van der Waals surface area (Å²) in [7, 11) is 0. The Bertz CT molecular complexity index is 1100. The predicted molar refractivity (Wildman–Crippen MR) is 120 cm³/mol. The maximum atomic E-state index is 12.6. The number of fused-ring (bicyclic) bond motifs is 1. The lowest BCUT2D eigenvalue weighted by Crippen LogP contribution is -2.43. The molecule has 4 rings (SSSR count). The van der Waals surface area contributed by atoms with Crippen molar-refractivity contribution in [3.8, 4) is 17.4 Å². The molecule has 0 aliphatic heterocycles. The zero-order valence-electron chi connectivity index (χ0n) is 17.9. The second-order valence-electron chi connectivity index (χ2n) is 8.31. The molecule has 0 amide bonds. The largest absolute Gasteiger partial charge is 0.466 e. The van der Waals surface area contributed by atoms with Gasteiger partial charge in [-0.25, -0.2) is 0 Å². The van der Waals surface area contributed by atoms with Crippen molar-refractivity contribution in [2.24, 2.45) is 5.41 Å². The molecule has 1 saturated carbocycles. The van der Waals surface area contributed by atoms with Gasteiger partial charge >= 0.3 is 5.97 Å². The molecule has 3 aromatic rings. The molecule has 0 saturated heterocycles. The summed E-state index contributed by atoms with van der Waals surface area (Å²) in [5, 5.41) is 13.9. The Hall–Kier alpha value is -3.10. The molecular formula is C26H28N2O3. The van der Waals surface area contributed by atoms with Crippen molar-refractivity contribution in [2.75, 3.05) is 13.2 Å². The third kappa shape index (κ3) is 4.50. The van der Waals surface area contributed by atoms with Gasteiger partial charge in [-0.05, 0) is 55.7 Å². The summed E-state index contributed by atoms with van der Waals surface area (Å²) in [4.78, 5) is 12.6. The molecule has 0 bridgehead atoms. The van der Waals surface area contributed by atoms with E-state index in [1.807, 2.05) is 43.3 Å². The number of ether oxygens (including phenoxy) is 1. The maximum Gasteiger partial charge on any atom is 0.313 e. The minimum absolute atomic E-state index is 0.0618. The van der Waals surface area contributed by atoms with Gasteiger partial charge in [0, 0.05) is 24.0 Å². The van der Waals surface area contributed by atoms with Gasteiger partial charge in [-0.1, -0.05) is 37.5 Å². The maximum absolute atomic E-state index is 12.6. The summed E-state index contributed by atoms with van der Waals surface area (Å²) in [6.07, 6.45) is 5.13. The van der Waals surface area contributed by atoms with Crippen LogP contribution in [-0.2, 0) is 16.1 Å². The van der Waals surface area contributed by atoms with Crippen LogP contribution in [0.4, 0.5) is 0 Å². The van der Waals surface area contributed by atoms with E-state index in [-0.39, 0.29) is 5.97 Å². The van der Waals surface area contributed by atoms with E-state index >= 15 is 0 Å². The van der Waals surface area contributed by atoms with Crippen LogP contribution in [0.5, 0.6) is 0 Å². The molecular weight excluding hydrogens is 388 g/mol. The number of furan rings is 1. The molecule has 1 aliphatic carbocycles. The van der Waals surface area contributed by atoms with Crippen LogP contribution < -0.4 is 5.32 Å². The van der Waals surface area contributed by atoms with Gasteiger partial charge in [-0.15, -0.1) is 0 Å². The highest BCUT2D eigenvalue weighted by Gasteiger charge is 2.40. The number of benzene rings is 2. The van der Waals surface area contributed by atoms with Crippen LogP contribution in [0.25, 0.3) is 22.3 Å². The molecule has 0 radical (unpaired) electrons. The lowest BCUT2D eigenvalue weighted by atomic mass is 9.74. The molecule has 1 N–H and O–H groups in total. The number of nitriles is 1. The molecule has 0 spiro atoms. The normalized spacial score (nSPS) is 15.5. The summed E-state index contributed by atoms with van der Waals surface area (Å²) in [6.45, 7) is 3.60. The Kier molecular flexibility index (Phi) is 6.39. The van der Waals surface area contributed by atoms with Gasteiger partial charge in [0.25, 0.3) is 0 Å². The van der Waals surface area contributed by atoms with Crippen LogP contribution in [0.2, 0.25) is 0 Å². The van der Waals surface area contributed by atoms with E-state index in [4.69, 9.17) is 9.15 Å². The molecule has 31 heavy (non-hydrogen) atoms. The first-order chi connectivity index (χ1) is 15.1. The fourth-order valence-corrected chi connectivity index (χ4v) is 4.54. The van der Waals surface area contributed by atoms with E-state index in [1.165, 1.54) is 6.42 Å². The molecule has 0 unspecified atom stereocenters. The topological polar surface area (TPSA) is 75.3 Å². The zero-order valence-corrected chi connectivity index (χ0v) is 17.9. The number of hydrogen-bond donors (Lipinski definition) is 1. The smallest absolute Gasteiger partial charge is 0.313 e. The molecule has 2 aromatic carbocycles. The van der Waals surface area contributed by atoms with E-state index in [0.717, 1.165) is 47.8 Å². The van der Waals surface area contributed by atoms with Gasteiger partial charge in [-0.3, -0.25) is 4.79 Å². The lowest BCUT2D eigenvalue weighted by Gasteiger charge is -2.35. The second kappa shape index (κ2) is 9.36. The van der Waals surface area contributed by atoms with E-state index in [2.05, 4.69) is 17.5 Å². The predicted octanol–water partition coefficient (Wildman–Crippen LogP) is 5.57. The average Bonchev–Trinajstić information content (AvgIpc) is 3.23. The van der Waals surface area contributed by atoms with E-state index in [9.17, 15) is 10.1 Å². The Morgan fingerprint density at radius 2 is 1.97 bits per heavy atom. The van der Waals surface area contributed by atoms with Crippen LogP contribution in [0.3, 0.4) is 0 Å². The molecule has 0 atom stereocenters. The Morgan fingerprint density at radius 3 is 2.74 bits per heavy atom. The number of esters is 1. The highest BCUT2D eigenvalue weighted by molar-refractivity contribution is 5.84. The van der Waals surface area contributed by atoms with Gasteiger partial charge in [0.2, 0.25) is 0 Å². The van der Waals surface area contributed by atoms with Gasteiger partial charge in [-0.2, -0.15) is 5.26 Å². The minimum Gasteiger partial charge on any atom is -0.466 e. The van der Waals surface area contributed by atoms with Gasteiger partial charge < -0.3 is 14.5 Å². The summed E-state index contributed by atoms with van der Waals surface area (Å²) >= 11 is 0. The second-order valence-corrected chi connectivity index (χ2v) is 8.31. The van der Waals surface area contributed by atoms with E-state index in [1.54, 1.807) is 6.07 Å². The van der Waals surface area contributed by atoms with E-state index in [0.29, 0.717) is 31.0 Å². The van der Waals surface area contributed by atoms with Crippen molar-refractivity contribution in [1.29, 1.82) is 5.26 Å². The highest BCUT2D eigenvalue weighted by Crippen LogP contribution is 2.37. The van der Waals surface area contributed by atoms with Crippen molar-refractivity contribution in [3.63, 3.8) is 0 Å². The molecule has 1 fully saturated rings. The quantitative estimate of drug-likeness (QED) is 0.509. The Labute approximate surface area is 183 Å². The number of carbonyl (C=O) groups is 1. The molecule has 1 heterocycles. The van der Waals surface area contributed by atoms with Crippen LogP contribution in [0, 0.1) is 16.7 Å². The first kappa shape index (κ1) is 21.1. The summed E-state index contributed by atoms with van der Waals surface area (Å²) in [5.41, 5.74) is 2.92. The van der Waals surface area contributed by atoms with Crippen molar-refractivity contribution >= 4 is 16.9 Å². The van der Waals surface area contributed by atoms with Crippen LogP contribution in [0.1, 0.15) is 50.2 Å². The fourth-order valence-electron chi connectivity index (χ4n) is 4.54. The first-order valence-corrected chi connectivity index (χ1v) is 11.0. The molecule has 1 aromatic heterocycles. The van der Waals surface area contributed by atoms with Crippen molar-refractivity contribution in [1.82, 2.24) is 5.32 Å². The average molecular weight is 417 g/mol. The summed E-state index contributed by atoms with van der Waals surface area (Å²) in [6, 6.07) is 17.8. The number of hydrogen-bond acceptors (Lipinski definition) is 5. The SMILES string of the molecule is CCOC(=O)C1(CNCc2ccc3oc(-c4ccccc4C#N)cc3c2)CCCCC1. The van der Waals surface area contributed by atoms with Crippen LogP contribution >= 0.6 is 0 Å². The number of nitrogens with zero attached hydrogens (tertiary/aromatic N) is 1. The minimum atomic E-state index is -0.401. The van der Waals surface area contributed by atoms with Crippen LogP contribution in [-0.4, -0.2) is 19.1 Å². The van der Waals surface area contributed by atoms with Gasteiger partial charge in [0.15, 0.2) is 0 Å². The number of carbonyl (C=O) groups excluding carboxylic acids is 1. The summed E-state index contributed by atoms with van der Waals surface area (Å²) in [5.74, 6) is 0.633. The molecule has 5 heteroatoms. The number of nitrogens with one attached hydrogen (secondary N) is 1. The van der Waals surface area contributed by atoms with Crippen molar-refractivity contribution in [3.05, 3.63) is 59.7 Å². The van der Waals surface area contributed by atoms with Gasteiger partial charge in [0.1, 0.15) is 11.3 Å². The Morgan fingerprint density at radius 1 is 1.16 bits per heavy atom. The summed E-state index contributed by atoms with van der Waals surface area (Å²) < 4.78 is 11.4. The van der Waals surface area contributed by atoms with Crippen molar-refractivity contribution in [2.45, 2.75) is 45.6 Å². The number of rotatable bonds is 7. The molecule has 1 aliphatic rings. The third-order valence-electron chi connectivity index (χ3n) is 6.21. The highest BCUT2D eigenvalue weighted by atomic mass is 16.5.